The van der Waals surface area contributed by atoms with Gasteiger partial charge < -0.3 is 9.80 Å². The molecule has 0 radical (unpaired) electrons. The molecule has 0 aliphatic carbocycles. The van der Waals surface area contributed by atoms with E-state index in [0.29, 0.717) is 31.2 Å². The number of likely N-dealkylation sites (tertiary alicyclic amines) is 1. The molecular formula is C17H20ClN3O3. The predicted molar refractivity (Wildman–Crippen MR) is 90.7 cm³/mol. The molecule has 0 saturated carbocycles. The normalized spacial score (nSPS) is 21.6. The molecule has 0 bridgehead atoms. The van der Waals surface area contributed by atoms with E-state index in [4.69, 9.17) is 11.6 Å². The number of anilines is 1. The minimum atomic E-state index is -0.313. The summed E-state index contributed by atoms with van der Waals surface area (Å²) >= 11 is 5.90. The van der Waals surface area contributed by atoms with E-state index in [0.717, 1.165) is 10.6 Å². The van der Waals surface area contributed by atoms with Crippen LogP contribution in [0.25, 0.3) is 0 Å². The first kappa shape index (κ1) is 16.8. The van der Waals surface area contributed by atoms with Crippen molar-refractivity contribution in [2.75, 3.05) is 37.6 Å². The SMILES string of the molecule is CC1CC(=O)N(CC(=O)N2CCN(c3ccc(Cl)cc3)CC2)C1=O. The number of halogens is 1. The Morgan fingerprint density at radius 1 is 1.12 bits per heavy atom. The monoisotopic (exact) mass is 349 g/mol. The summed E-state index contributed by atoms with van der Waals surface area (Å²) in [6.45, 7) is 4.16. The number of carbonyl (C=O) groups excluding carboxylic acids is 3. The Balaban J connectivity index is 1.54. The lowest BCUT2D eigenvalue weighted by Gasteiger charge is -2.36. The van der Waals surface area contributed by atoms with Gasteiger partial charge in [0.15, 0.2) is 0 Å². The van der Waals surface area contributed by atoms with Crippen LogP contribution >= 0.6 is 11.6 Å². The Kier molecular flexibility index (Phi) is 4.76. The van der Waals surface area contributed by atoms with Crippen molar-refractivity contribution in [2.45, 2.75) is 13.3 Å². The summed E-state index contributed by atoms with van der Waals surface area (Å²) in [7, 11) is 0. The van der Waals surface area contributed by atoms with Gasteiger partial charge in [0.05, 0.1) is 0 Å². The zero-order valence-electron chi connectivity index (χ0n) is 13.6. The van der Waals surface area contributed by atoms with Crippen LogP contribution in [-0.4, -0.2) is 60.2 Å². The van der Waals surface area contributed by atoms with Crippen molar-refractivity contribution in [3.05, 3.63) is 29.3 Å². The Labute approximate surface area is 146 Å². The van der Waals surface area contributed by atoms with E-state index in [1.54, 1.807) is 11.8 Å². The average Bonchev–Trinajstić information content (AvgIpc) is 2.82. The maximum Gasteiger partial charge on any atom is 0.242 e. The number of nitrogens with zero attached hydrogens (tertiary/aromatic N) is 3. The van der Waals surface area contributed by atoms with Crippen molar-refractivity contribution in [3.8, 4) is 0 Å². The van der Waals surface area contributed by atoms with Crippen molar-refractivity contribution in [2.24, 2.45) is 5.92 Å². The van der Waals surface area contributed by atoms with Gasteiger partial charge >= 0.3 is 0 Å². The van der Waals surface area contributed by atoms with E-state index in [9.17, 15) is 14.4 Å². The molecule has 2 heterocycles. The van der Waals surface area contributed by atoms with E-state index < -0.39 is 0 Å². The third-order valence-corrected chi connectivity index (χ3v) is 4.84. The van der Waals surface area contributed by atoms with Gasteiger partial charge in [-0.1, -0.05) is 18.5 Å². The molecule has 1 atom stereocenters. The smallest absolute Gasteiger partial charge is 0.242 e. The number of amides is 3. The van der Waals surface area contributed by atoms with Crippen LogP contribution in [0.15, 0.2) is 24.3 Å². The Morgan fingerprint density at radius 3 is 2.29 bits per heavy atom. The first-order chi connectivity index (χ1) is 11.5. The van der Waals surface area contributed by atoms with E-state index in [2.05, 4.69) is 4.90 Å². The summed E-state index contributed by atoms with van der Waals surface area (Å²) in [6.07, 6.45) is 0.205. The van der Waals surface area contributed by atoms with E-state index in [-0.39, 0.29) is 36.6 Å². The summed E-state index contributed by atoms with van der Waals surface area (Å²) < 4.78 is 0. The fourth-order valence-electron chi connectivity index (χ4n) is 3.12. The molecule has 6 nitrogen and oxygen atoms in total. The summed E-state index contributed by atoms with van der Waals surface area (Å²) in [6, 6.07) is 7.62. The van der Waals surface area contributed by atoms with Crippen LogP contribution in [0.1, 0.15) is 13.3 Å². The number of hydrogen-bond acceptors (Lipinski definition) is 4. The highest BCUT2D eigenvalue weighted by Gasteiger charge is 2.37. The van der Waals surface area contributed by atoms with E-state index >= 15 is 0 Å². The minimum absolute atomic E-state index is 0.136. The third kappa shape index (κ3) is 3.38. The molecule has 2 fully saturated rings. The van der Waals surface area contributed by atoms with Crippen molar-refractivity contribution in [1.82, 2.24) is 9.80 Å². The third-order valence-electron chi connectivity index (χ3n) is 4.59. The number of rotatable bonds is 3. The molecule has 0 aromatic heterocycles. The molecule has 24 heavy (non-hydrogen) atoms. The second-order valence-corrected chi connectivity index (χ2v) is 6.70. The van der Waals surface area contributed by atoms with Crippen LogP contribution in [0.5, 0.6) is 0 Å². The zero-order chi connectivity index (χ0) is 17.3. The van der Waals surface area contributed by atoms with Crippen LogP contribution in [0.4, 0.5) is 5.69 Å². The van der Waals surface area contributed by atoms with E-state index in [1.807, 2.05) is 24.3 Å². The fourth-order valence-corrected chi connectivity index (χ4v) is 3.24. The average molecular weight is 350 g/mol. The van der Waals surface area contributed by atoms with Crippen LogP contribution < -0.4 is 4.90 Å². The molecular weight excluding hydrogens is 330 g/mol. The lowest BCUT2D eigenvalue weighted by molar-refractivity contribution is -0.146. The standard InChI is InChI=1S/C17H20ClN3O3/c1-12-10-15(22)21(17(12)24)11-16(23)20-8-6-19(7-9-20)14-4-2-13(18)3-5-14/h2-5,12H,6-11H2,1H3. The highest BCUT2D eigenvalue weighted by molar-refractivity contribution is 6.30. The van der Waals surface area contributed by atoms with Gasteiger partial charge in [0.2, 0.25) is 17.7 Å². The number of hydrogen-bond donors (Lipinski definition) is 0. The molecule has 7 heteroatoms. The van der Waals surface area contributed by atoms with Gasteiger partial charge in [0.1, 0.15) is 6.54 Å². The Bertz CT molecular complexity index is 654. The van der Waals surface area contributed by atoms with E-state index in [1.165, 1.54) is 0 Å². The van der Waals surface area contributed by atoms with Gasteiger partial charge in [-0.15, -0.1) is 0 Å². The lowest BCUT2D eigenvalue weighted by Crippen LogP contribution is -2.52. The Morgan fingerprint density at radius 2 is 1.75 bits per heavy atom. The summed E-state index contributed by atoms with van der Waals surface area (Å²) in [5, 5.41) is 0.696. The molecule has 128 valence electrons. The fraction of sp³-hybridized carbons (Fsp3) is 0.471. The number of piperazine rings is 1. The van der Waals surface area contributed by atoms with Crippen LogP contribution in [0.2, 0.25) is 5.02 Å². The molecule has 1 aromatic rings. The number of imide groups is 1. The van der Waals surface area contributed by atoms with Gasteiger partial charge in [-0.2, -0.15) is 0 Å². The van der Waals surface area contributed by atoms with Gasteiger partial charge in [-0.25, -0.2) is 0 Å². The summed E-state index contributed by atoms with van der Waals surface area (Å²) in [5.41, 5.74) is 1.07. The first-order valence-corrected chi connectivity index (χ1v) is 8.46. The highest BCUT2D eigenvalue weighted by atomic mass is 35.5. The maximum absolute atomic E-state index is 12.4. The quantitative estimate of drug-likeness (QED) is 0.774. The van der Waals surface area contributed by atoms with Crippen LogP contribution in [-0.2, 0) is 14.4 Å². The van der Waals surface area contributed by atoms with Crippen molar-refractivity contribution in [1.29, 1.82) is 0 Å². The number of benzene rings is 1. The highest BCUT2D eigenvalue weighted by Crippen LogP contribution is 2.21. The van der Waals surface area contributed by atoms with Gasteiger partial charge in [-0.3, -0.25) is 19.3 Å². The lowest BCUT2D eigenvalue weighted by atomic mass is 10.1. The van der Waals surface area contributed by atoms with Crippen molar-refractivity contribution in [3.63, 3.8) is 0 Å². The topological polar surface area (TPSA) is 60.9 Å². The zero-order valence-corrected chi connectivity index (χ0v) is 14.3. The van der Waals surface area contributed by atoms with Crippen molar-refractivity contribution >= 4 is 35.0 Å². The molecule has 1 unspecified atom stereocenters. The van der Waals surface area contributed by atoms with Crippen LogP contribution in [0, 0.1) is 5.92 Å². The molecule has 1 aromatic carbocycles. The molecule has 2 aliphatic rings. The largest absolute Gasteiger partial charge is 0.368 e. The van der Waals surface area contributed by atoms with Gasteiger partial charge in [0, 0.05) is 49.2 Å². The Hall–Kier alpha value is -2.08. The second kappa shape index (κ2) is 6.81. The van der Waals surface area contributed by atoms with Gasteiger partial charge in [-0.05, 0) is 24.3 Å². The predicted octanol–water partition coefficient (Wildman–Crippen LogP) is 1.38. The second-order valence-electron chi connectivity index (χ2n) is 6.27. The maximum atomic E-state index is 12.4. The molecule has 0 N–H and O–H groups in total. The molecule has 3 amide bonds. The molecule has 2 aliphatic heterocycles. The van der Waals surface area contributed by atoms with Crippen LogP contribution in [0.3, 0.4) is 0 Å². The molecule has 3 rings (SSSR count). The first-order valence-electron chi connectivity index (χ1n) is 8.08. The molecule has 2 saturated heterocycles. The summed E-state index contributed by atoms with van der Waals surface area (Å²) in [5.74, 6) is -0.970. The van der Waals surface area contributed by atoms with Crippen molar-refractivity contribution < 1.29 is 14.4 Å². The number of carbonyl (C=O) groups is 3. The van der Waals surface area contributed by atoms with Gasteiger partial charge in [0.25, 0.3) is 0 Å². The molecule has 0 spiro atoms. The summed E-state index contributed by atoms with van der Waals surface area (Å²) in [4.78, 5) is 41.1. The minimum Gasteiger partial charge on any atom is -0.368 e.